The molecular formula is C10H21N. The van der Waals surface area contributed by atoms with E-state index in [1.807, 2.05) is 0 Å². The highest BCUT2D eigenvalue weighted by atomic mass is 14.7. The minimum absolute atomic E-state index is 0.380. The normalized spacial score (nSPS) is 33.3. The summed E-state index contributed by atoms with van der Waals surface area (Å²) in [5, 5.41) is 0. The van der Waals surface area contributed by atoms with Gasteiger partial charge < -0.3 is 5.73 Å². The highest BCUT2D eigenvalue weighted by Crippen LogP contribution is 2.41. The van der Waals surface area contributed by atoms with Gasteiger partial charge >= 0.3 is 0 Å². The van der Waals surface area contributed by atoms with Crippen LogP contribution >= 0.6 is 0 Å². The van der Waals surface area contributed by atoms with Crippen LogP contribution in [0.25, 0.3) is 0 Å². The molecule has 1 aliphatic carbocycles. The first-order chi connectivity index (χ1) is 5.04. The quantitative estimate of drug-likeness (QED) is 0.618. The first kappa shape index (κ1) is 9.05. The summed E-state index contributed by atoms with van der Waals surface area (Å²) in [6, 6.07) is 0.380. The highest BCUT2D eigenvalue weighted by molar-refractivity contribution is 4.86. The Bertz CT molecular complexity index is 127. The second-order valence-corrected chi connectivity index (χ2v) is 4.70. The molecule has 11 heavy (non-hydrogen) atoms. The maximum Gasteiger partial charge on any atom is 0.00438 e. The molecule has 66 valence electrons. The Morgan fingerprint density at radius 3 is 2.36 bits per heavy atom. The summed E-state index contributed by atoms with van der Waals surface area (Å²) in [5.41, 5.74) is 6.44. The van der Waals surface area contributed by atoms with Crippen molar-refractivity contribution in [2.75, 3.05) is 0 Å². The number of rotatable bonds is 1. The number of hydrogen-bond acceptors (Lipinski definition) is 1. The molecule has 0 aromatic heterocycles. The van der Waals surface area contributed by atoms with E-state index in [9.17, 15) is 0 Å². The number of hydrogen-bond donors (Lipinski definition) is 1. The van der Waals surface area contributed by atoms with Crippen LogP contribution in [0.2, 0.25) is 0 Å². The summed E-state index contributed by atoms with van der Waals surface area (Å²) in [6.07, 6.45) is 5.48. The fourth-order valence-electron chi connectivity index (χ4n) is 2.50. The second kappa shape index (κ2) is 3.14. The van der Waals surface area contributed by atoms with E-state index in [1.165, 1.54) is 25.7 Å². The molecular weight excluding hydrogens is 134 g/mol. The molecule has 1 nitrogen and oxygen atoms in total. The first-order valence-electron chi connectivity index (χ1n) is 4.79. The van der Waals surface area contributed by atoms with Crippen molar-refractivity contribution in [3.05, 3.63) is 0 Å². The molecule has 0 radical (unpaired) electrons. The molecule has 1 aliphatic rings. The van der Waals surface area contributed by atoms with Crippen molar-refractivity contribution in [2.24, 2.45) is 17.1 Å². The SMILES string of the molecule is C[C@@H](N)C1CCCCC1(C)C. The van der Waals surface area contributed by atoms with Crippen LogP contribution in [0.15, 0.2) is 0 Å². The van der Waals surface area contributed by atoms with E-state index in [1.54, 1.807) is 0 Å². The highest BCUT2D eigenvalue weighted by Gasteiger charge is 2.33. The maximum atomic E-state index is 5.94. The summed E-state index contributed by atoms with van der Waals surface area (Å²) < 4.78 is 0. The summed E-state index contributed by atoms with van der Waals surface area (Å²) in [4.78, 5) is 0. The van der Waals surface area contributed by atoms with Gasteiger partial charge in [-0.05, 0) is 31.1 Å². The van der Waals surface area contributed by atoms with E-state index >= 15 is 0 Å². The van der Waals surface area contributed by atoms with Gasteiger partial charge in [-0.1, -0.05) is 26.7 Å². The van der Waals surface area contributed by atoms with Crippen molar-refractivity contribution in [3.63, 3.8) is 0 Å². The lowest BCUT2D eigenvalue weighted by Gasteiger charge is -2.40. The molecule has 0 bridgehead atoms. The summed E-state index contributed by atoms with van der Waals surface area (Å²) in [7, 11) is 0. The Labute approximate surface area is 70.4 Å². The maximum absolute atomic E-state index is 5.94. The van der Waals surface area contributed by atoms with Gasteiger partial charge in [0.15, 0.2) is 0 Å². The lowest BCUT2D eigenvalue weighted by atomic mass is 9.66. The predicted molar refractivity (Wildman–Crippen MR) is 49.4 cm³/mol. The summed E-state index contributed by atoms with van der Waals surface area (Å²) >= 11 is 0. The van der Waals surface area contributed by atoms with Gasteiger partial charge in [0.2, 0.25) is 0 Å². The van der Waals surface area contributed by atoms with E-state index in [-0.39, 0.29) is 0 Å². The van der Waals surface area contributed by atoms with Crippen LogP contribution in [0.1, 0.15) is 46.5 Å². The zero-order chi connectivity index (χ0) is 8.48. The minimum atomic E-state index is 0.380. The zero-order valence-corrected chi connectivity index (χ0v) is 8.06. The van der Waals surface area contributed by atoms with E-state index in [0.29, 0.717) is 11.5 Å². The van der Waals surface area contributed by atoms with Gasteiger partial charge in [0.25, 0.3) is 0 Å². The van der Waals surface area contributed by atoms with Crippen molar-refractivity contribution in [3.8, 4) is 0 Å². The molecule has 2 atom stereocenters. The Kier molecular flexibility index (Phi) is 2.58. The molecule has 0 saturated heterocycles. The van der Waals surface area contributed by atoms with Gasteiger partial charge in [0.05, 0.1) is 0 Å². The summed E-state index contributed by atoms with van der Waals surface area (Å²) in [6.45, 7) is 6.87. The van der Waals surface area contributed by atoms with Crippen LogP contribution < -0.4 is 5.73 Å². The van der Waals surface area contributed by atoms with Crippen molar-refractivity contribution < 1.29 is 0 Å². The third kappa shape index (κ3) is 1.96. The average molecular weight is 155 g/mol. The van der Waals surface area contributed by atoms with E-state index in [2.05, 4.69) is 20.8 Å². The third-order valence-corrected chi connectivity index (χ3v) is 3.22. The van der Waals surface area contributed by atoms with Gasteiger partial charge in [-0.25, -0.2) is 0 Å². The fourth-order valence-corrected chi connectivity index (χ4v) is 2.50. The molecule has 0 aliphatic heterocycles. The van der Waals surface area contributed by atoms with E-state index in [0.717, 1.165) is 5.92 Å². The predicted octanol–water partition coefficient (Wildman–Crippen LogP) is 2.55. The molecule has 2 N–H and O–H groups in total. The van der Waals surface area contributed by atoms with Crippen LogP contribution in [0, 0.1) is 11.3 Å². The Balaban J connectivity index is 2.60. The lowest BCUT2D eigenvalue weighted by Crippen LogP contribution is -2.39. The zero-order valence-electron chi connectivity index (χ0n) is 8.06. The molecule has 0 aromatic carbocycles. The molecule has 0 spiro atoms. The Morgan fingerprint density at radius 2 is 2.00 bits per heavy atom. The van der Waals surface area contributed by atoms with E-state index in [4.69, 9.17) is 5.73 Å². The van der Waals surface area contributed by atoms with Gasteiger partial charge in [0.1, 0.15) is 0 Å². The molecule has 1 rings (SSSR count). The smallest absolute Gasteiger partial charge is 0.00438 e. The first-order valence-corrected chi connectivity index (χ1v) is 4.79. The van der Waals surface area contributed by atoms with Crippen LogP contribution in [0.5, 0.6) is 0 Å². The van der Waals surface area contributed by atoms with Gasteiger partial charge in [-0.3, -0.25) is 0 Å². The van der Waals surface area contributed by atoms with Crippen molar-refractivity contribution >= 4 is 0 Å². The molecule has 1 heteroatoms. The minimum Gasteiger partial charge on any atom is -0.328 e. The average Bonchev–Trinajstić information content (AvgIpc) is 1.85. The van der Waals surface area contributed by atoms with Gasteiger partial charge in [-0.2, -0.15) is 0 Å². The standard InChI is InChI=1S/C10H21N/c1-8(11)9-6-4-5-7-10(9,2)3/h8-9H,4-7,11H2,1-3H3/t8-,9?/m1/s1. The van der Waals surface area contributed by atoms with Crippen molar-refractivity contribution in [1.29, 1.82) is 0 Å². The lowest BCUT2D eigenvalue weighted by molar-refractivity contribution is 0.118. The van der Waals surface area contributed by atoms with Crippen LogP contribution in [0.4, 0.5) is 0 Å². The van der Waals surface area contributed by atoms with Crippen molar-refractivity contribution in [1.82, 2.24) is 0 Å². The topological polar surface area (TPSA) is 26.0 Å². The fraction of sp³-hybridized carbons (Fsp3) is 1.00. The Hall–Kier alpha value is -0.0400. The van der Waals surface area contributed by atoms with Crippen molar-refractivity contribution in [2.45, 2.75) is 52.5 Å². The molecule has 1 saturated carbocycles. The van der Waals surface area contributed by atoms with Gasteiger partial charge in [0, 0.05) is 6.04 Å². The second-order valence-electron chi connectivity index (χ2n) is 4.70. The Morgan fingerprint density at radius 1 is 1.36 bits per heavy atom. The molecule has 0 aromatic rings. The van der Waals surface area contributed by atoms with Crippen LogP contribution in [-0.2, 0) is 0 Å². The van der Waals surface area contributed by atoms with E-state index < -0.39 is 0 Å². The summed E-state index contributed by atoms with van der Waals surface area (Å²) in [5.74, 6) is 0.747. The third-order valence-electron chi connectivity index (χ3n) is 3.22. The molecule has 0 heterocycles. The molecule has 1 unspecified atom stereocenters. The molecule has 1 fully saturated rings. The monoisotopic (exact) mass is 155 g/mol. The van der Waals surface area contributed by atoms with Crippen LogP contribution in [0.3, 0.4) is 0 Å². The number of nitrogens with two attached hydrogens (primary N) is 1. The largest absolute Gasteiger partial charge is 0.328 e. The molecule has 0 amide bonds. The van der Waals surface area contributed by atoms with Crippen LogP contribution in [-0.4, -0.2) is 6.04 Å². The van der Waals surface area contributed by atoms with Gasteiger partial charge in [-0.15, -0.1) is 0 Å².